The summed E-state index contributed by atoms with van der Waals surface area (Å²) in [7, 11) is 0. The minimum Gasteiger partial charge on any atom is -0.325 e. The molecule has 4 rings (SSSR count). The smallest absolute Gasteiger partial charge is 0.234 e. The minimum absolute atomic E-state index is 0.0693. The van der Waals surface area contributed by atoms with E-state index in [1.165, 1.54) is 11.8 Å². The molecular formula is C23H20N4OS. The number of hydrogen-bond acceptors (Lipinski definition) is 4. The standard InChI is InChI=1S/C23H20N4OS/c1-2-8-16-13-22(29-15-21(28)25-17-9-4-3-5-10-17)27-20-12-7-6-11-19(20)26-23(27)18(16)14-24/h3-7,9-13H,2,8,15H2,1H3,(H,25,28). The van der Waals surface area contributed by atoms with Crippen molar-refractivity contribution in [3.05, 3.63) is 71.8 Å². The molecule has 29 heavy (non-hydrogen) atoms. The number of nitrogens with one attached hydrogen (secondary N) is 1. The Balaban J connectivity index is 1.72. The van der Waals surface area contributed by atoms with Gasteiger partial charge in [-0.2, -0.15) is 5.26 Å². The number of aromatic nitrogens is 2. The Hall–Kier alpha value is -3.30. The van der Waals surface area contributed by atoms with E-state index in [0.29, 0.717) is 11.2 Å². The molecule has 4 aromatic rings. The van der Waals surface area contributed by atoms with Gasteiger partial charge in [0.15, 0.2) is 5.65 Å². The zero-order valence-corrected chi connectivity index (χ0v) is 16.9. The molecule has 0 bridgehead atoms. The summed E-state index contributed by atoms with van der Waals surface area (Å²) in [4.78, 5) is 17.2. The topological polar surface area (TPSA) is 70.2 Å². The van der Waals surface area contributed by atoms with Crippen LogP contribution in [0.2, 0.25) is 0 Å². The number of nitriles is 1. The number of thioether (sulfide) groups is 1. The van der Waals surface area contributed by atoms with E-state index in [-0.39, 0.29) is 11.7 Å². The Labute approximate surface area is 173 Å². The number of rotatable bonds is 6. The van der Waals surface area contributed by atoms with Crippen LogP contribution in [0.1, 0.15) is 24.5 Å². The van der Waals surface area contributed by atoms with Gasteiger partial charge in [-0.1, -0.05) is 55.4 Å². The highest BCUT2D eigenvalue weighted by atomic mass is 32.2. The number of fused-ring (bicyclic) bond motifs is 3. The van der Waals surface area contributed by atoms with Crippen LogP contribution in [-0.2, 0) is 11.2 Å². The highest BCUT2D eigenvalue weighted by Crippen LogP contribution is 2.30. The first-order valence-electron chi connectivity index (χ1n) is 9.52. The number of aryl methyl sites for hydroxylation is 1. The number of carbonyl (C=O) groups excluding carboxylic acids is 1. The lowest BCUT2D eigenvalue weighted by molar-refractivity contribution is -0.113. The van der Waals surface area contributed by atoms with Crippen LogP contribution >= 0.6 is 11.8 Å². The summed E-state index contributed by atoms with van der Waals surface area (Å²) in [5.41, 5.74) is 4.81. The number of amides is 1. The summed E-state index contributed by atoms with van der Waals surface area (Å²) in [6, 6.07) is 21.6. The van der Waals surface area contributed by atoms with Gasteiger partial charge in [0.05, 0.1) is 27.4 Å². The van der Waals surface area contributed by atoms with Crippen molar-refractivity contribution in [2.45, 2.75) is 24.8 Å². The van der Waals surface area contributed by atoms with E-state index in [1.54, 1.807) is 0 Å². The van der Waals surface area contributed by atoms with Crippen LogP contribution in [0, 0.1) is 11.3 Å². The van der Waals surface area contributed by atoms with Gasteiger partial charge in [0.2, 0.25) is 5.91 Å². The lowest BCUT2D eigenvalue weighted by atomic mass is 10.1. The van der Waals surface area contributed by atoms with Gasteiger partial charge in [-0.15, -0.1) is 0 Å². The molecule has 0 saturated carbocycles. The minimum atomic E-state index is -0.0693. The predicted octanol–water partition coefficient (Wildman–Crippen LogP) is 5.04. The number of pyridine rings is 1. The van der Waals surface area contributed by atoms with Gasteiger partial charge >= 0.3 is 0 Å². The van der Waals surface area contributed by atoms with Crippen LogP contribution in [-0.4, -0.2) is 21.0 Å². The Morgan fingerprint density at radius 1 is 1.17 bits per heavy atom. The van der Waals surface area contributed by atoms with Crippen LogP contribution < -0.4 is 5.32 Å². The van der Waals surface area contributed by atoms with Crippen LogP contribution in [0.25, 0.3) is 16.7 Å². The monoisotopic (exact) mass is 400 g/mol. The highest BCUT2D eigenvalue weighted by Gasteiger charge is 2.17. The Kier molecular flexibility index (Phi) is 5.50. The zero-order chi connectivity index (χ0) is 20.2. The maximum Gasteiger partial charge on any atom is 0.234 e. The van der Waals surface area contributed by atoms with Crippen LogP contribution in [0.4, 0.5) is 5.69 Å². The normalized spacial score (nSPS) is 10.9. The third kappa shape index (κ3) is 3.82. The molecule has 144 valence electrons. The maximum absolute atomic E-state index is 12.4. The lowest BCUT2D eigenvalue weighted by Gasteiger charge is -2.12. The Morgan fingerprint density at radius 2 is 1.93 bits per heavy atom. The summed E-state index contributed by atoms with van der Waals surface area (Å²) in [6.45, 7) is 2.09. The van der Waals surface area contributed by atoms with Crippen molar-refractivity contribution < 1.29 is 4.79 Å². The van der Waals surface area contributed by atoms with Gasteiger partial charge in [0, 0.05) is 5.69 Å². The molecule has 0 aliphatic carbocycles. The van der Waals surface area contributed by atoms with Gasteiger partial charge in [-0.25, -0.2) is 4.98 Å². The Morgan fingerprint density at radius 3 is 2.69 bits per heavy atom. The fraction of sp³-hybridized carbons (Fsp3) is 0.174. The number of para-hydroxylation sites is 3. The second kappa shape index (κ2) is 8.38. The molecule has 0 atom stereocenters. The lowest BCUT2D eigenvalue weighted by Crippen LogP contribution is -2.14. The fourth-order valence-corrected chi connectivity index (χ4v) is 4.29. The number of hydrogen-bond donors (Lipinski definition) is 1. The van der Waals surface area contributed by atoms with Crippen LogP contribution in [0.5, 0.6) is 0 Å². The van der Waals surface area contributed by atoms with Crippen LogP contribution in [0.15, 0.2) is 65.7 Å². The summed E-state index contributed by atoms with van der Waals surface area (Å²) in [6.07, 6.45) is 1.73. The summed E-state index contributed by atoms with van der Waals surface area (Å²) in [5.74, 6) is 0.203. The van der Waals surface area contributed by atoms with Crippen molar-refractivity contribution in [1.82, 2.24) is 9.38 Å². The van der Waals surface area contributed by atoms with E-state index in [1.807, 2.05) is 65.1 Å². The quantitative estimate of drug-likeness (QED) is 0.460. The molecule has 6 heteroatoms. The maximum atomic E-state index is 12.4. The number of nitrogens with zero attached hydrogens (tertiary/aromatic N) is 3. The zero-order valence-electron chi connectivity index (χ0n) is 16.1. The Bertz CT molecular complexity index is 1220. The molecule has 2 heterocycles. The number of benzene rings is 2. The third-order valence-electron chi connectivity index (χ3n) is 4.66. The first-order valence-corrected chi connectivity index (χ1v) is 10.5. The van der Waals surface area contributed by atoms with Crippen molar-refractivity contribution in [2.75, 3.05) is 11.1 Å². The fourth-order valence-electron chi connectivity index (χ4n) is 3.40. The molecule has 0 aliphatic rings. The molecular weight excluding hydrogens is 380 g/mol. The van der Waals surface area contributed by atoms with Gasteiger partial charge in [-0.05, 0) is 42.3 Å². The highest BCUT2D eigenvalue weighted by molar-refractivity contribution is 7.99. The molecule has 0 radical (unpaired) electrons. The van der Waals surface area contributed by atoms with E-state index in [0.717, 1.165) is 40.2 Å². The predicted molar refractivity (Wildman–Crippen MR) is 117 cm³/mol. The molecule has 0 unspecified atom stereocenters. The van der Waals surface area contributed by atoms with E-state index < -0.39 is 0 Å². The largest absolute Gasteiger partial charge is 0.325 e. The SMILES string of the molecule is CCCc1cc(SCC(=O)Nc2ccccc2)n2c(nc3ccccc32)c1C#N. The molecule has 0 saturated heterocycles. The van der Waals surface area contributed by atoms with Gasteiger partial charge in [0.25, 0.3) is 0 Å². The molecule has 0 fully saturated rings. The van der Waals surface area contributed by atoms with Gasteiger partial charge in [-0.3, -0.25) is 9.20 Å². The van der Waals surface area contributed by atoms with Crippen molar-refractivity contribution in [3.8, 4) is 6.07 Å². The van der Waals surface area contributed by atoms with E-state index in [2.05, 4.69) is 18.3 Å². The first kappa shape index (κ1) is 19.0. The average Bonchev–Trinajstić information content (AvgIpc) is 3.12. The molecule has 2 aromatic heterocycles. The van der Waals surface area contributed by atoms with E-state index in [9.17, 15) is 10.1 Å². The second-order valence-corrected chi connectivity index (χ2v) is 7.70. The molecule has 0 spiro atoms. The van der Waals surface area contributed by atoms with Gasteiger partial charge < -0.3 is 5.32 Å². The summed E-state index contributed by atoms with van der Waals surface area (Å²) < 4.78 is 1.99. The number of imidazole rings is 1. The summed E-state index contributed by atoms with van der Waals surface area (Å²) >= 11 is 1.46. The molecule has 2 aromatic carbocycles. The number of carbonyl (C=O) groups is 1. The second-order valence-electron chi connectivity index (χ2n) is 6.71. The first-order chi connectivity index (χ1) is 14.2. The average molecular weight is 401 g/mol. The van der Waals surface area contributed by atoms with Crippen molar-refractivity contribution in [1.29, 1.82) is 5.26 Å². The molecule has 1 N–H and O–H groups in total. The van der Waals surface area contributed by atoms with Crippen molar-refractivity contribution in [2.24, 2.45) is 0 Å². The third-order valence-corrected chi connectivity index (χ3v) is 5.67. The van der Waals surface area contributed by atoms with E-state index >= 15 is 0 Å². The van der Waals surface area contributed by atoms with Crippen LogP contribution in [0.3, 0.4) is 0 Å². The van der Waals surface area contributed by atoms with Crippen molar-refractivity contribution >= 4 is 40.0 Å². The van der Waals surface area contributed by atoms with E-state index in [4.69, 9.17) is 4.98 Å². The molecule has 0 aliphatic heterocycles. The van der Waals surface area contributed by atoms with Gasteiger partial charge in [0.1, 0.15) is 6.07 Å². The summed E-state index contributed by atoms with van der Waals surface area (Å²) in [5, 5.41) is 13.6. The number of anilines is 1. The molecule has 1 amide bonds. The van der Waals surface area contributed by atoms with Crippen molar-refractivity contribution in [3.63, 3.8) is 0 Å². The molecule has 5 nitrogen and oxygen atoms in total.